The van der Waals surface area contributed by atoms with Crippen LogP contribution in [0.25, 0.3) is 5.69 Å². The van der Waals surface area contributed by atoms with Crippen LogP contribution < -0.4 is 10.6 Å². The molecule has 1 fully saturated rings. The Morgan fingerprint density at radius 1 is 0.906 bits per heavy atom. The predicted molar refractivity (Wildman–Crippen MR) is 126 cm³/mol. The van der Waals surface area contributed by atoms with E-state index in [1.54, 1.807) is 24.3 Å². The van der Waals surface area contributed by atoms with Crippen molar-refractivity contribution in [2.75, 3.05) is 43.5 Å². The van der Waals surface area contributed by atoms with Gasteiger partial charge in [-0.1, -0.05) is 18.2 Å². The molecule has 0 saturated carbocycles. The van der Waals surface area contributed by atoms with E-state index in [0.29, 0.717) is 36.7 Å². The molecule has 7 nitrogen and oxygen atoms in total. The van der Waals surface area contributed by atoms with Crippen LogP contribution in [-0.2, 0) is 9.53 Å². The molecule has 1 saturated heterocycles. The van der Waals surface area contributed by atoms with E-state index in [1.807, 2.05) is 50.2 Å². The number of benzene rings is 2. The third kappa shape index (κ3) is 5.07. The standard InChI is InChI=1S/C25H28N4O3/c1-18-16-23(19(2)29(18)22-6-4-3-5-7-22)25(31)27-21-10-8-20(9-11-21)26-24(30)17-28-12-14-32-15-13-28/h3-11,16H,12-15,17H2,1-2H3,(H,26,30)(H,27,31). The van der Waals surface area contributed by atoms with Gasteiger partial charge in [-0.3, -0.25) is 14.5 Å². The smallest absolute Gasteiger partial charge is 0.257 e. The van der Waals surface area contributed by atoms with Crippen molar-refractivity contribution in [2.45, 2.75) is 13.8 Å². The molecule has 1 aliphatic rings. The fraction of sp³-hybridized carbons (Fsp3) is 0.280. The maximum absolute atomic E-state index is 12.9. The zero-order valence-electron chi connectivity index (χ0n) is 18.4. The molecule has 0 aliphatic carbocycles. The van der Waals surface area contributed by atoms with Gasteiger partial charge in [0.15, 0.2) is 0 Å². The van der Waals surface area contributed by atoms with Crippen molar-refractivity contribution >= 4 is 23.2 Å². The summed E-state index contributed by atoms with van der Waals surface area (Å²) in [6.07, 6.45) is 0. The first-order valence-electron chi connectivity index (χ1n) is 10.8. The fourth-order valence-electron chi connectivity index (χ4n) is 3.97. The minimum atomic E-state index is -0.163. The van der Waals surface area contributed by atoms with Crippen molar-refractivity contribution in [1.29, 1.82) is 0 Å². The van der Waals surface area contributed by atoms with Crippen LogP contribution in [0.1, 0.15) is 21.7 Å². The summed E-state index contributed by atoms with van der Waals surface area (Å²) in [4.78, 5) is 27.2. The van der Waals surface area contributed by atoms with Crippen molar-refractivity contribution in [1.82, 2.24) is 9.47 Å². The summed E-state index contributed by atoms with van der Waals surface area (Å²) in [6.45, 7) is 7.14. The van der Waals surface area contributed by atoms with E-state index in [9.17, 15) is 9.59 Å². The fourth-order valence-corrected chi connectivity index (χ4v) is 3.97. The Morgan fingerprint density at radius 3 is 2.19 bits per heavy atom. The average Bonchev–Trinajstić information content (AvgIpc) is 3.10. The van der Waals surface area contributed by atoms with Crippen LogP contribution in [0, 0.1) is 13.8 Å². The maximum Gasteiger partial charge on any atom is 0.257 e. The van der Waals surface area contributed by atoms with Gasteiger partial charge in [-0.25, -0.2) is 0 Å². The average molecular weight is 433 g/mol. The number of carbonyl (C=O) groups excluding carboxylic acids is 2. The zero-order chi connectivity index (χ0) is 22.5. The number of carbonyl (C=O) groups is 2. The SMILES string of the molecule is Cc1cc(C(=O)Nc2ccc(NC(=O)CN3CCOCC3)cc2)c(C)n1-c1ccccc1. The Morgan fingerprint density at radius 2 is 1.53 bits per heavy atom. The summed E-state index contributed by atoms with van der Waals surface area (Å²) < 4.78 is 7.38. The van der Waals surface area contributed by atoms with Gasteiger partial charge in [0.1, 0.15) is 0 Å². The summed E-state index contributed by atoms with van der Waals surface area (Å²) in [5.41, 5.74) is 4.91. The van der Waals surface area contributed by atoms with Crippen LogP contribution in [0.3, 0.4) is 0 Å². The Kier molecular flexibility index (Phi) is 6.68. The van der Waals surface area contributed by atoms with Crippen LogP contribution in [0.2, 0.25) is 0 Å². The van der Waals surface area contributed by atoms with E-state index in [2.05, 4.69) is 20.1 Å². The van der Waals surface area contributed by atoms with Gasteiger partial charge in [0.05, 0.1) is 25.3 Å². The molecule has 1 aliphatic heterocycles. The van der Waals surface area contributed by atoms with Crippen LogP contribution in [0.15, 0.2) is 60.7 Å². The molecule has 2 heterocycles. The number of hydrogen-bond donors (Lipinski definition) is 2. The highest BCUT2D eigenvalue weighted by atomic mass is 16.5. The van der Waals surface area contributed by atoms with Gasteiger partial charge < -0.3 is 19.9 Å². The van der Waals surface area contributed by atoms with Gasteiger partial charge in [0.2, 0.25) is 5.91 Å². The van der Waals surface area contributed by atoms with E-state index in [-0.39, 0.29) is 11.8 Å². The third-order valence-corrected chi connectivity index (χ3v) is 5.59. The number of nitrogens with zero attached hydrogens (tertiary/aromatic N) is 2. The minimum Gasteiger partial charge on any atom is -0.379 e. The van der Waals surface area contributed by atoms with Gasteiger partial charge in [0.25, 0.3) is 5.91 Å². The first-order chi connectivity index (χ1) is 15.5. The third-order valence-electron chi connectivity index (χ3n) is 5.59. The van der Waals surface area contributed by atoms with Crippen molar-refractivity contribution in [3.05, 3.63) is 77.6 Å². The lowest BCUT2D eigenvalue weighted by molar-refractivity contribution is -0.118. The molecule has 0 spiro atoms. The summed E-state index contributed by atoms with van der Waals surface area (Å²) in [6, 6.07) is 19.0. The van der Waals surface area contributed by atoms with E-state index in [4.69, 9.17) is 4.74 Å². The molecule has 0 atom stereocenters. The summed E-state index contributed by atoms with van der Waals surface area (Å²) in [7, 11) is 0. The van der Waals surface area contributed by atoms with Gasteiger partial charge >= 0.3 is 0 Å². The number of ether oxygens (including phenoxy) is 1. The van der Waals surface area contributed by atoms with E-state index in [0.717, 1.165) is 30.2 Å². The zero-order valence-corrected chi connectivity index (χ0v) is 18.4. The summed E-state index contributed by atoms with van der Waals surface area (Å²) in [5, 5.41) is 5.85. The second-order valence-corrected chi connectivity index (χ2v) is 7.92. The van der Waals surface area contributed by atoms with Gasteiger partial charge in [0, 0.05) is 41.5 Å². The van der Waals surface area contributed by atoms with Gasteiger partial charge in [-0.15, -0.1) is 0 Å². The van der Waals surface area contributed by atoms with Crippen LogP contribution in [0.5, 0.6) is 0 Å². The van der Waals surface area contributed by atoms with Crippen molar-refractivity contribution in [3.63, 3.8) is 0 Å². The van der Waals surface area contributed by atoms with Crippen molar-refractivity contribution in [3.8, 4) is 5.69 Å². The molecule has 166 valence electrons. The lowest BCUT2D eigenvalue weighted by atomic mass is 10.2. The Labute approximate surface area is 188 Å². The number of amides is 2. The predicted octanol–water partition coefficient (Wildman–Crippen LogP) is 3.62. The number of morpholine rings is 1. The molecule has 2 N–H and O–H groups in total. The summed E-state index contributed by atoms with van der Waals surface area (Å²) >= 11 is 0. The molecule has 2 aromatic carbocycles. The topological polar surface area (TPSA) is 75.6 Å². The highest BCUT2D eigenvalue weighted by Crippen LogP contribution is 2.22. The number of rotatable bonds is 6. The normalized spacial score (nSPS) is 14.2. The summed E-state index contributed by atoms with van der Waals surface area (Å²) in [5.74, 6) is -0.221. The number of para-hydroxylation sites is 1. The van der Waals surface area contributed by atoms with E-state index in [1.165, 1.54) is 0 Å². The number of hydrogen-bond acceptors (Lipinski definition) is 4. The molecule has 0 bridgehead atoms. The molecule has 1 aromatic heterocycles. The first kappa shape index (κ1) is 21.8. The Hall–Kier alpha value is -3.42. The van der Waals surface area contributed by atoms with Crippen molar-refractivity contribution < 1.29 is 14.3 Å². The Bertz CT molecular complexity index is 1080. The largest absolute Gasteiger partial charge is 0.379 e. The highest BCUT2D eigenvalue weighted by molar-refractivity contribution is 6.05. The molecular formula is C25H28N4O3. The number of anilines is 2. The van der Waals surface area contributed by atoms with Gasteiger partial charge in [-0.2, -0.15) is 0 Å². The molecule has 4 rings (SSSR count). The van der Waals surface area contributed by atoms with Crippen LogP contribution >= 0.6 is 0 Å². The minimum absolute atomic E-state index is 0.0583. The van der Waals surface area contributed by atoms with Crippen molar-refractivity contribution in [2.24, 2.45) is 0 Å². The molecule has 3 aromatic rings. The van der Waals surface area contributed by atoms with Gasteiger partial charge in [-0.05, 0) is 56.3 Å². The highest BCUT2D eigenvalue weighted by Gasteiger charge is 2.17. The number of nitrogens with one attached hydrogen (secondary N) is 2. The quantitative estimate of drug-likeness (QED) is 0.624. The number of aromatic nitrogens is 1. The second kappa shape index (κ2) is 9.80. The Balaban J connectivity index is 1.38. The second-order valence-electron chi connectivity index (χ2n) is 7.92. The molecule has 2 amide bonds. The number of aryl methyl sites for hydroxylation is 1. The molecule has 32 heavy (non-hydrogen) atoms. The van der Waals surface area contributed by atoms with Crippen LogP contribution in [0.4, 0.5) is 11.4 Å². The lowest BCUT2D eigenvalue weighted by Crippen LogP contribution is -2.41. The first-order valence-corrected chi connectivity index (χ1v) is 10.8. The van der Waals surface area contributed by atoms with Crippen LogP contribution in [-0.4, -0.2) is 54.1 Å². The lowest BCUT2D eigenvalue weighted by Gasteiger charge is -2.25. The molecular weight excluding hydrogens is 404 g/mol. The molecule has 7 heteroatoms. The maximum atomic E-state index is 12.9. The van der Waals surface area contributed by atoms with E-state index >= 15 is 0 Å². The van der Waals surface area contributed by atoms with E-state index < -0.39 is 0 Å². The monoisotopic (exact) mass is 432 g/mol. The molecule has 0 unspecified atom stereocenters. The molecule has 0 radical (unpaired) electrons.